The standard InChI is InChI=1S/C6H15O4PS/c1-4-12-6-5-10-11(7,8-2)9-3/h4-6H2,1-3H3. The molecule has 0 aromatic rings. The molecule has 0 spiro atoms. The van der Waals surface area contributed by atoms with E-state index in [0.717, 1.165) is 11.5 Å². The number of phosphoric acid groups is 1. The quantitative estimate of drug-likeness (QED) is 0.480. The lowest BCUT2D eigenvalue weighted by Crippen LogP contribution is -1.99. The highest BCUT2D eigenvalue weighted by atomic mass is 32.2. The van der Waals surface area contributed by atoms with Crippen molar-refractivity contribution in [1.82, 2.24) is 0 Å². The molecule has 6 heteroatoms. The van der Waals surface area contributed by atoms with Crippen LogP contribution in [0.15, 0.2) is 0 Å². The number of hydrogen-bond acceptors (Lipinski definition) is 5. The summed E-state index contributed by atoms with van der Waals surface area (Å²) < 4.78 is 25.3. The van der Waals surface area contributed by atoms with Gasteiger partial charge in [0.2, 0.25) is 0 Å². The largest absolute Gasteiger partial charge is 0.474 e. The molecule has 0 unspecified atom stereocenters. The third kappa shape index (κ3) is 5.17. The molecular weight excluding hydrogens is 199 g/mol. The zero-order valence-electron chi connectivity index (χ0n) is 7.61. The SMILES string of the molecule is CCSCCOP(=O)(OC)OC. The summed E-state index contributed by atoms with van der Waals surface area (Å²) in [6.45, 7) is 2.44. The zero-order valence-corrected chi connectivity index (χ0v) is 9.32. The van der Waals surface area contributed by atoms with Gasteiger partial charge in [-0.15, -0.1) is 0 Å². The van der Waals surface area contributed by atoms with Gasteiger partial charge in [0, 0.05) is 20.0 Å². The molecular formula is C6H15O4PS. The van der Waals surface area contributed by atoms with Gasteiger partial charge >= 0.3 is 7.82 Å². The van der Waals surface area contributed by atoms with Crippen LogP contribution in [0.2, 0.25) is 0 Å². The summed E-state index contributed by atoms with van der Waals surface area (Å²) in [5.41, 5.74) is 0. The predicted molar refractivity (Wildman–Crippen MR) is 50.6 cm³/mol. The summed E-state index contributed by atoms with van der Waals surface area (Å²) in [4.78, 5) is 0. The van der Waals surface area contributed by atoms with Crippen molar-refractivity contribution in [3.05, 3.63) is 0 Å². The maximum Gasteiger partial charge on any atom is 0.474 e. The number of thioether (sulfide) groups is 1. The topological polar surface area (TPSA) is 44.8 Å². The normalized spacial score (nSPS) is 11.9. The summed E-state index contributed by atoms with van der Waals surface area (Å²) in [6, 6.07) is 0. The van der Waals surface area contributed by atoms with Gasteiger partial charge in [0.15, 0.2) is 0 Å². The number of phosphoric ester groups is 1. The van der Waals surface area contributed by atoms with Crippen LogP contribution in [0.5, 0.6) is 0 Å². The first-order valence-electron chi connectivity index (χ1n) is 3.62. The third-order valence-corrected chi connectivity index (χ3v) is 3.39. The van der Waals surface area contributed by atoms with Crippen molar-refractivity contribution in [3.8, 4) is 0 Å². The molecule has 0 N–H and O–H groups in total. The Morgan fingerprint density at radius 3 is 2.33 bits per heavy atom. The smallest absolute Gasteiger partial charge is 0.290 e. The van der Waals surface area contributed by atoms with Crippen LogP contribution >= 0.6 is 19.6 Å². The zero-order chi connectivity index (χ0) is 9.45. The Bertz CT molecular complexity index is 144. The maximum absolute atomic E-state index is 11.2. The van der Waals surface area contributed by atoms with E-state index >= 15 is 0 Å². The monoisotopic (exact) mass is 214 g/mol. The van der Waals surface area contributed by atoms with Gasteiger partial charge in [-0.2, -0.15) is 11.8 Å². The lowest BCUT2D eigenvalue weighted by Gasteiger charge is -2.12. The van der Waals surface area contributed by atoms with Crippen LogP contribution in [0.3, 0.4) is 0 Å². The fourth-order valence-corrected chi connectivity index (χ4v) is 1.82. The first-order valence-corrected chi connectivity index (χ1v) is 6.24. The van der Waals surface area contributed by atoms with E-state index in [0.29, 0.717) is 6.61 Å². The molecule has 0 bridgehead atoms. The summed E-state index contributed by atoms with van der Waals surface area (Å²) in [5, 5.41) is 0. The first kappa shape index (κ1) is 12.5. The first-order chi connectivity index (χ1) is 5.68. The molecule has 0 aromatic heterocycles. The second kappa shape index (κ2) is 6.92. The minimum Gasteiger partial charge on any atom is -0.290 e. The molecule has 0 aliphatic rings. The average molecular weight is 214 g/mol. The summed E-state index contributed by atoms with van der Waals surface area (Å²) in [6.07, 6.45) is 0. The molecule has 0 heterocycles. The molecule has 0 rings (SSSR count). The Morgan fingerprint density at radius 2 is 1.92 bits per heavy atom. The Kier molecular flexibility index (Phi) is 7.19. The minimum atomic E-state index is -3.23. The molecule has 12 heavy (non-hydrogen) atoms. The lowest BCUT2D eigenvalue weighted by atomic mass is 10.9. The van der Waals surface area contributed by atoms with Crippen LogP contribution in [-0.2, 0) is 18.1 Å². The van der Waals surface area contributed by atoms with Gasteiger partial charge in [0.25, 0.3) is 0 Å². The molecule has 0 radical (unpaired) electrons. The fraction of sp³-hybridized carbons (Fsp3) is 1.00. The molecule has 0 amide bonds. The van der Waals surface area contributed by atoms with Crippen molar-refractivity contribution in [2.75, 3.05) is 32.3 Å². The van der Waals surface area contributed by atoms with Gasteiger partial charge < -0.3 is 0 Å². The highest BCUT2D eigenvalue weighted by molar-refractivity contribution is 7.99. The Labute approximate surface area is 77.6 Å². The molecule has 4 nitrogen and oxygen atoms in total. The fourth-order valence-electron chi connectivity index (χ4n) is 0.532. The van der Waals surface area contributed by atoms with E-state index in [-0.39, 0.29) is 0 Å². The van der Waals surface area contributed by atoms with Gasteiger partial charge in [0.05, 0.1) is 6.61 Å². The maximum atomic E-state index is 11.2. The van der Waals surface area contributed by atoms with Crippen LogP contribution in [0.1, 0.15) is 6.92 Å². The van der Waals surface area contributed by atoms with Crippen molar-refractivity contribution < 1.29 is 18.1 Å². The minimum absolute atomic E-state index is 0.386. The highest BCUT2D eigenvalue weighted by Crippen LogP contribution is 2.47. The van der Waals surface area contributed by atoms with Crippen molar-refractivity contribution in [2.45, 2.75) is 6.92 Å². The van der Waals surface area contributed by atoms with Crippen molar-refractivity contribution in [2.24, 2.45) is 0 Å². The Balaban J connectivity index is 3.52. The van der Waals surface area contributed by atoms with E-state index in [1.165, 1.54) is 14.2 Å². The van der Waals surface area contributed by atoms with E-state index < -0.39 is 7.82 Å². The van der Waals surface area contributed by atoms with Crippen molar-refractivity contribution >= 4 is 19.6 Å². The molecule has 0 aromatic carbocycles. The van der Waals surface area contributed by atoms with Crippen LogP contribution in [0, 0.1) is 0 Å². The predicted octanol–water partition coefficient (Wildman–Crippen LogP) is 2.16. The van der Waals surface area contributed by atoms with Crippen LogP contribution < -0.4 is 0 Å². The van der Waals surface area contributed by atoms with Crippen LogP contribution in [-0.4, -0.2) is 32.3 Å². The molecule has 0 saturated carbocycles. The highest BCUT2D eigenvalue weighted by Gasteiger charge is 2.21. The van der Waals surface area contributed by atoms with E-state index in [1.54, 1.807) is 11.8 Å². The Morgan fingerprint density at radius 1 is 1.33 bits per heavy atom. The third-order valence-electron chi connectivity index (χ3n) is 1.13. The van der Waals surface area contributed by atoms with E-state index in [2.05, 4.69) is 16.0 Å². The van der Waals surface area contributed by atoms with E-state index in [4.69, 9.17) is 4.52 Å². The lowest BCUT2D eigenvalue weighted by molar-refractivity contribution is 0.159. The van der Waals surface area contributed by atoms with E-state index in [9.17, 15) is 4.57 Å². The molecule has 74 valence electrons. The molecule has 0 fully saturated rings. The Hall–Kier alpha value is 0.460. The molecule has 0 aliphatic heterocycles. The van der Waals surface area contributed by atoms with Gasteiger partial charge in [-0.1, -0.05) is 6.92 Å². The molecule has 0 atom stereocenters. The summed E-state index contributed by atoms with van der Waals surface area (Å²) >= 11 is 1.71. The number of rotatable bonds is 7. The van der Waals surface area contributed by atoms with Gasteiger partial charge in [0.1, 0.15) is 0 Å². The van der Waals surface area contributed by atoms with Gasteiger partial charge in [-0.3, -0.25) is 13.6 Å². The van der Waals surface area contributed by atoms with Gasteiger partial charge in [-0.05, 0) is 5.75 Å². The molecule has 0 saturated heterocycles. The second-order valence-electron chi connectivity index (χ2n) is 1.84. The van der Waals surface area contributed by atoms with Crippen molar-refractivity contribution in [3.63, 3.8) is 0 Å². The average Bonchev–Trinajstić information content (AvgIpc) is 2.12. The van der Waals surface area contributed by atoms with Gasteiger partial charge in [-0.25, -0.2) is 4.57 Å². The molecule has 0 aliphatic carbocycles. The second-order valence-corrected chi connectivity index (χ2v) is 5.12. The summed E-state index contributed by atoms with van der Waals surface area (Å²) in [7, 11) is -0.629. The van der Waals surface area contributed by atoms with Crippen LogP contribution in [0.4, 0.5) is 0 Å². The van der Waals surface area contributed by atoms with E-state index in [1.807, 2.05) is 0 Å². The number of hydrogen-bond donors (Lipinski definition) is 0. The summed E-state index contributed by atoms with van der Waals surface area (Å²) in [5.74, 6) is 1.82. The van der Waals surface area contributed by atoms with Crippen molar-refractivity contribution in [1.29, 1.82) is 0 Å². The van der Waals surface area contributed by atoms with Crippen LogP contribution in [0.25, 0.3) is 0 Å².